The summed E-state index contributed by atoms with van der Waals surface area (Å²) in [5.74, 6) is -0.418. The average molecular weight is 432 g/mol. The number of carbonyl (C=O) groups is 1. The zero-order valence-corrected chi connectivity index (χ0v) is 16.7. The zero-order valence-electron chi connectivity index (χ0n) is 16.7. The third-order valence-corrected chi connectivity index (χ3v) is 5.65. The Hall–Kier alpha value is -2.69. The molecule has 0 saturated carbocycles. The minimum atomic E-state index is -1.62. The number of aliphatic hydroxyl groups is 4. The molecule has 0 bridgehead atoms. The number of Topliss-reactive ketones (excluding diaryl/α,β-unsaturated/α-hetero) is 1. The lowest BCUT2D eigenvalue weighted by Crippen LogP contribution is -2.60. The number of carbonyl (C=O) groups excluding carboxylic acids is 1. The largest absolute Gasteiger partial charge is 0.507 e. The highest BCUT2D eigenvalue weighted by Gasteiger charge is 2.45. The lowest BCUT2D eigenvalue weighted by Gasteiger charge is -2.39. The number of benzene rings is 2. The number of hydrogen-bond acceptors (Lipinski definition) is 9. The molecule has 2 aromatic carbocycles. The second-order valence-electron chi connectivity index (χ2n) is 7.68. The van der Waals surface area contributed by atoms with Crippen LogP contribution in [0.5, 0.6) is 17.2 Å². The molecule has 6 atom stereocenters. The smallest absolute Gasteiger partial charge is 0.229 e. The molecule has 2 heterocycles. The van der Waals surface area contributed by atoms with E-state index >= 15 is 0 Å². The summed E-state index contributed by atoms with van der Waals surface area (Å²) in [4.78, 5) is 12.7. The van der Waals surface area contributed by atoms with Crippen LogP contribution in [0.4, 0.5) is 0 Å². The summed E-state index contributed by atoms with van der Waals surface area (Å²) in [6.45, 7) is 0.918. The molecule has 0 amide bonds. The van der Waals surface area contributed by atoms with Crippen molar-refractivity contribution in [3.8, 4) is 17.2 Å². The predicted octanol–water partition coefficient (Wildman–Crippen LogP) is 0.586. The van der Waals surface area contributed by atoms with Crippen molar-refractivity contribution in [2.45, 2.75) is 50.2 Å². The Kier molecular flexibility index (Phi) is 5.87. The molecular formula is C22H24O9. The van der Waals surface area contributed by atoms with E-state index in [-0.39, 0.29) is 40.6 Å². The van der Waals surface area contributed by atoms with Gasteiger partial charge < -0.3 is 39.7 Å². The topological polar surface area (TPSA) is 146 Å². The highest BCUT2D eigenvalue weighted by atomic mass is 16.7. The summed E-state index contributed by atoms with van der Waals surface area (Å²) in [7, 11) is 0. The first kappa shape index (κ1) is 21.5. The monoisotopic (exact) mass is 432 g/mol. The fraction of sp³-hybridized carbons (Fsp3) is 0.409. The Balaban J connectivity index is 1.65. The van der Waals surface area contributed by atoms with Gasteiger partial charge in [0.2, 0.25) is 6.29 Å². The minimum Gasteiger partial charge on any atom is -0.507 e. The van der Waals surface area contributed by atoms with Crippen LogP contribution >= 0.6 is 0 Å². The number of phenolic OH excluding ortho intramolecular Hbond substituents is 1. The maximum Gasteiger partial charge on any atom is 0.229 e. The number of ketones is 1. The van der Waals surface area contributed by atoms with E-state index in [0.29, 0.717) is 0 Å². The van der Waals surface area contributed by atoms with Gasteiger partial charge in [0.15, 0.2) is 5.78 Å². The molecular weight excluding hydrogens is 408 g/mol. The highest BCUT2D eigenvalue weighted by molar-refractivity contribution is 6.03. The number of hydrogen-bond donors (Lipinski definition) is 5. The lowest BCUT2D eigenvalue weighted by atomic mass is 9.94. The number of phenols is 1. The lowest BCUT2D eigenvalue weighted by molar-refractivity contribution is -0.277. The average Bonchev–Trinajstić information content (AvgIpc) is 2.77. The van der Waals surface area contributed by atoms with E-state index in [1.807, 2.05) is 30.3 Å². The zero-order chi connectivity index (χ0) is 22.3. The molecule has 5 N–H and O–H groups in total. The molecule has 1 fully saturated rings. The first-order valence-electron chi connectivity index (χ1n) is 9.90. The summed E-state index contributed by atoms with van der Waals surface area (Å²) >= 11 is 0. The first-order valence-corrected chi connectivity index (χ1v) is 9.90. The van der Waals surface area contributed by atoms with Gasteiger partial charge in [-0.3, -0.25) is 4.79 Å². The highest BCUT2D eigenvalue weighted by Crippen LogP contribution is 2.45. The Morgan fingerprint density at radius 3 is 2.48 bits per heavy atom. The van der Waals surface area contributed by atoms with Gasteiger partial charge in [0, 0.05) is 11.6 Å². The standard InChI is InChI=1S/C22H24O9/c1-10-13(30-22-21(28)20(27)19(26)16(9-23)31-22)8-15-17(18(10)25)12(24)7-14(29-15)11-5-3-2-4-6-11/h2-6,8,14,16,19-23,25-28H,7,9H2,1H3/t14?,16-,19+,20+,21-,22+/m1/s1. The minimum absolute atomic E-state index is 0.0471. The van der Waals surface area contributed by atoms with E-state index in [1.54, 1.807) is 0 Å². The number of fused-ring (bicyclic) bond motifs is 1. The molecule has 166 valence electrons. The fourth-order valence-electron chi connectivity index (χ4n) is 3.81. The van der Waals surface area contributed by atoms with Crippen molar-refractivity contribution in [3.05, 3.63) is 53.1 Å². The van der Waals surface area contributed by atoms with Crippen LogP contribution in [0.2, 0.25) is 0 Å². The Morgan fingerprint density at radius 1 is 1.10 bits per heavy atom. The van der Waals surface area contributed by atoms with E-state index in [0.717, 1.165) is 5.56 Å². The number of rotatable bonds is 4. The van der Waals surface area contributed by atoms with Gasteiger partial charge >= 0.3 is 0 Å². The molecule has 9 heteroatoms. The maximum absolute atomic E-state index is 12.7. The normalized spacial score (nSPS) is 30.4. The van der Waals surface area contributed by atoms with Crippen molar-refractivity contribution in [2.75, 3.05) is 6.61 Å². The predicted molar refractivity (Wildman–Crippen MR) is 106 cm³/mol. The van der Waals surface area contributed by atoms with Crippen LogP contribution in [0.1, 0.15) is 34.0 Å². The molecule has 31 heavy (non-hydrogen) atoms. The SMILES string of the molecule is Cc1c(O[C@H]2O[C@H](CO)[C@H](O)[C@H](O)[C@H]2O)cc2c(c1O)C(=O)CC(c1ccccc1)O2. The van der Waals surface area contributed by atoms with Gasteiger partial charge in [0.05, 0.1) is 13.0 Å². The van der Waals surface area contributed by atoms with Crippen LogP contribution in [-0.2, 0) is 4.74 Å². The maximum atomic E-state index is 12.7. The molecule has 4 rings (SSSR count). The van der Waals surface area contributed by atoms with Crippen molar-refractivity contribution < 1.29 is 44.5 Å². The molecule has 1 unspecified atom stereocenters. The van der Waals surface area contributed by atoms with E-state index in [2.05, 4.69) is 0 Å². The Morgan fingerprint density at radius 2 is 1.81 bits per heavy atom. The third kappa shape index (κ3) is 3.86. The summed E-state index contributed by atoms with van der Waals surface area (Å²) in [5, 5.41) is 50.1. The van der Waals surface area contributed by atoms with Crippen LogP contribution in [0.25, 0.3) is 0 Å². The summed E-state index contributed by atoms with van der Waals surface area (Å²) in [5.41, 5.74) is 1.06. The van der Waals surface area contributed by atoms with Crippen LogP contribution in [-0.4, -0.2) is 68.6 Å². The third-order valence-electron chi connectivity index (χ3n) is 5.65. The van der Waals surface area contributed by atoms with Crippen molar-refractivity contribution >= 4 is 5.78 Å². The summed E-state index contributed by atoms with van der Waals surface area (Å²) < 4.78 is 17.0. The van der Waals surface area contributed by atoms with Gasteiger partial charge in [-0.05, 0) is 12.5 Å². The quantitative estimate of drug-likeness (QED) is 0.468. The van der Waals surface area contributed by atoms with Gasteiger partial charge in [-0.15, -0.1) is 0 Å². The van der Waals surface area contributed by atoms with E-state index in [9.17, 15) is 30.3 Å². The number of aliphatic hydroxyl groups excluding tert-OH is 4. The molecule has 1 saturated heterocycles. The van der Waals surface area contributed by atoms with Crippen LogP contribution in [0.3, 0.4) is 0 Å². The second-order valence-corrected chi connectivity index (χ2v) is 7.68. The second kappa shape index (κ2) is 8.45. The van der Waals surface area contributed by atoms with Crippen molar-refractivity contribution in [3.63, 3.8) is 0 Å². The first-order chi connectivity index (χ1) is 14.8. The molecule has 0 radical (unpaired) electrons. The van der Waals surface area contributed by atoms with E-state index in [1.165, 1.54) is 13.0 Å². The summed E-state index contributed by atoms with van der Waals surface area (Å²) in [6, 6.07) is 10.6. The van der Waals surface area contributed by atoms with Crippen molar-refractivity contribution in [1.82, 2.24) is 0 Å². The number of aromatic hydroxyl groups is 1. The van der Waals surface area contributed by atoms with Crippen LogP contribution < -0.4 is 9.47 Å². The van der Waals surface area contributed by atoms with E-state index in [4.69, 9.17) is 14.2 Å². The van der Waals surface area contributed by atoms with E-state index < -0.39 is 43.4 Å². The van der Waals surface area contributed by atoms with Gasteiger partial charge in [-0.2, -0.15) is 0 Å². The fourth-order valence-corrected chi connectivity index (χ4v) is 3.81. The molecule has 0 aromatic heterocycles. The van der Waals surface area contributed by atoms with Crippen LogP contribution in [0, 0.1) is 6.92 Å². The molecule has 0 spiro atoms. The molecule has 0 aliphatic carbocycles. The Bertz CT molecular complexity index is 959. The van der Waals surface area contributed by atoms with Gasteiger partial charge in [-0.25, -0.2) is 0 Å². The summed E-state index contributed by atoms with van der Waals surface area (Å²) in [6.07, 6.45) is -7.80. The van der Waals surface area contributed by atoms with Gasteiger partial charge in [0.1, 0.15) is 53.3 Å². The Labute approximate surface area is 178 Å². The van der Waals surface area contributed by atoms with Crippen molar-refractivity contribution in [1.29, 1.82) is 0 Å². The van der Waals surface area contributed by atoms with Crippen LogP contribution in [0.15, 0.2) is 36.4 Å². The molecule has 2 aliphatic heterocycles. The van der Waals surface area contributed by atoms with Crippen molar-refractivity contribution in [2.24, 2.45) is 0 Å². The van der Waals surface area contributed by atoms with Gasteiger partial charge in [-0.1, -0.05) is 30.3 Å². The molecule has 2 aliphatic rings. The number of ether oxygens (including phenoxy) is 3. The van der Waals surface area contributed by atoms with Gasteiger partial charge in [0.25, 0.3) is 0 Å². The molecule has 2 aromatic rings. The molecule has 9 nitrogen and oxygen atoms in total.